The van der Waals surface area contributed by atoms with Gasteiger partial charge in [0.25, 0.3) is 15.9 Å². The summed E-state index contributed by atoms with van der Waals surface area (Å²) in [5.41, 5.74) is 0.828. The number of rotatable bonds is 9. The van der Waals surface area contributed by atoms with Gasteiger partial charge in [-0.2, -0.15) is 0 Å². The van der Waals surface area contributed by atoms with Crippen molar-refractivity contribution in [2.45, 2.75) is 31.7 Å². The number of sulfonamides is 1. The number of nitrogens with one attached hydrogen (secondary N) is 2. The molecule has 1 unspecified atom stereocenters. The summed E-state index contributed by atoms with van der Waals surface area (Å²) in [5.74, 6) is -0.228. The maximum atomic E-state index is 12.5. The largest absolute Gasteiger partial charge is 0.350 e. The molecule has 0 saturated heterocycles. The topological polar surface area (TPSA) is 78.5 Å². The molecule has 0 aliphatic carbocycles. The Labute approximate surface area is 171 Å². The predicted molar refractivity (Wildman–Crippen MR) is 113 cm³/mol. The maximum absolute atomic E-state index is 12.5. The van der Waals surface area contributed by atoms with E-state index in [1.807, 2.05) is 0 Å². The maximum Gasteiger partial charge on any atom is 0.261 e. The summed E-state index contributed by atoms with van der Waals surface area (Å²) in [7, 11) is -3.74. The minimum absolute atomic E-state index is 0.0792. The second kappa shape index (κ2) is 9.91. The Morgan fingerprint density at radius 1 is 1.04 bits per heavy atom. The quantitative estimate of drug-likeness (QED) is 0.645. The second-order valence-corrected chi connectivity index (χ2v) is 8.54. The van der Waals surface area contributed by atoms with E-state index in [9.17, 15) is 13.2 Å². The van der Waals surface area contributed by atoms with Crippen molar-refractivity contribution in [1.29, 1.82) is 0 Å². The molecule has 2 aromatic carbocycles. The highest BCUT2D eigenvalue weighted by Crippen LogP contribution is 2.18. The molecule has 1 atom stereocenters. The first-order valence-electron chi connectivity index (χ1n) is 9.17. The first kappa shape index (κ1) is 22.2. The molecule has 1 amide bonds. The van der Waals surface area contributed by atoms with Crippen molar-refractivity contribution in [3.8, 4) is 0 Å². The van der Waals surface area contributed by atoms with Gasteiger partial charge in [-0.05, 0) is 68.5 Å². The van der Waals surface area contributed by atoms with Crippen molar-refractivity contribution in [2.24, 2.45) is 0 Å². The van der Waals surface area contributed by atoms with Gasteiger partial charge < -0.3 is 5.32 Å². The first-order chi connectivity index (χ1) is 13.3. The average molecular weight is 424 g/mol. The molecule has 8 heteroatoms. The number of nitrogens with zero attached hydrogens (tertiary/aromatic N) is 1. The van der Waals surface area contributed by atoms with Crippen molar-refractivity contribution < 1.29 is 13.2 Å². The molecule has 28 heavy (non-hydrogen) atoms. The number of carbonyl (C=O) groups is 1. The lowest BCUT2D eigenvalue weighted by atomic mass is 10.2. The van der Waals surface area contributed by atoms with Gasteiger partial charge in [0.15, 0.2) is 0 Å². The van der Waals surface area contributed by atoms with Crippen LogP contribution in [0, 0.1) is 0 Å². The second-order valence-electron chi connectivity index (χ2n) is 6.42. The molecule has 0 aliphatic rings. The van der Waals surface area contributed by atoms with Crippen molar-refractivity contribution in [2.75, 3.05) is 24.4 Å². The van der Waals surface area contributed by atoms with Gasteiger partial charge >= 0.3 is 0 Å². The van der Waals surface area contributed by atoms with E-state index in [0.717, 1.165) is 13.1 Å². The molecule has 2 aromatic rings. The number of likely N-dealkylation sites (N-methyl/N-ethyl adjacent to an activating group) is 1. The van der Waals surface area contributed by atoms with E-state index in [1.165, 1.54) is 24.3 Å². The van der Waals surface area contributed by atoms with E-state index in [2.05, 4.69) is 35.7 Å². The molecule has 0 spiro atoms. The Hall–Kier alpha value is -2.09. The Bertz CT molecular complexity index is 880. The van der Waals surface area contributed by atoms with Crippen LogP contribution < -0.4 is 10.0 Å². The third-order valence-corrected chi connectivity index (χ3v) is 6.17. The van der Waals surface area contributed by atoms with E-state index < -0.39 is 10.0 Å². The number of halogens is 1. The molecule has 2 rings (SSSR count). The Morgan fingerprint density at radius 2 is 1.61 bits per heavy atom. The van der Waals surface area contributed by atoms with Crippen LogP contribution in [0.3, 0.4) is 0 Å². The van der Waals surface area contributed by atoms with E-state index >= 15 is 0 Å². The zero-order chi connectivity index (χ0) is 20.7. The summed E-state index contributed by atoms with van der Waals surface area (Å²) in [4.78, 5) is 14.7. The van der Waals surface area contributed by atoms with Gasteiger partial charge in [-0.3, -0.25) is 14.4 Å². The standard InChI is InChI=1S/C20H26ClN3O3S/c1-4-24(5-2)15(3)14-22-20(25)16-6-12-19(13-7-16)28(26,27)23-18-10-8-17(21)9-11-18/h6-13,15,23H,4-5,14H2,1-3H3,(H,22,25). The molecule has 0 saturated carbocycles. The van der Waals surface area contributed by atoms with E-state index in [4.69, 9.17) is 11.6 Å². The van der Waals surface area contributed by atoms with E-state index in [0.29, 0.717) is 22.8 Å². The smallest absolute Gasteiger partial charge is 0.261 e. The van der Waals surface area contributed by atoms with Crippen LogP contribution in [0.2, 0.25) is 5.02 Å². The Morgan fingerprint density at radius 3 is 2.14 bits per heavy atom. The van der Waals surface area contributed by atoms with Gasteiger partial charge in [0, 0.05) is 28.9 Å². The highest BCUT2D eigenvalue weighted by Gasteiger charge is 2.16. The highest BCUT2D eigenvalue weighted by atomic mass is 35.5. The van der Waals surface area contributed by atoms with E-state index in [-0.39, 0.29) is 16.8 Å². The minimum atomic E-state index is -3.74. The number of amides is 1. The summed E-state index contributed by atoms with van der Waals surface area (Å²) in [5, 5.41) is 3.41. The summed E-state index contributed by atoms with van der Waals surface area (Å²) in [6.07, 6.45) is 0. The summed E-state index contributed by atoms with van der Waals surface area (Å²) in [6.45, 7) is 8.59. The van der Waals surface area contributed by atoms with Crippen LogP contribution >= 0.6 is 11.6 Å². The Balaban J connectivity index is 2.01. The van der Waals surface area contributed by atoms with Gasteiger partial charge in [0.1, 0.15) is 0 Å². The molecule has 0 bridgehead atoms. The van der Waals surface area contributed by atoms with E-state index in [1.54, 1.807) is 24.3 Å². The van der Waals surface area contributed by atoms with Gasteiger partial charge in [-0.1, -0.05) is 25.4 Å². The third-order valence-electron chi connectivity index (χ3n) is 4.52. The van der Waals surface area contributed by atoms with Crippen LogP contribution in [0.1, 0.15) is 31.1 Å². The molecular weight excluding hydrogens is 398 g/mol. The summed E-state index contributed by atoms with van der Waals surface area (Å²) < 4.78 is 27.4. The monoisotopic (exact) mass is 423 g/mol. The molecule has 2 N–H and O–H groups in total. The molecule has 0 fully saturated rings. The number of benzene rings is 2. The molecule has 0 aliphatic heterocycles. The summed E-state index contributed by atoms with van der Waals surface area (Å²) in [6, 6.07) is 12.4. The SMILES string of the molecule is CCN(CC)C(C)CNC(=O)c1ccc(S(=O)(=O)Nc2ccc(Cl)cc2)cc1. The molecule has 6 nitrogen and oxygen atoms in total. The van der Waals surface area contributed by atoms with Crippen molar-refractivity contribution >= 4 is 33.2 Å². The first-order valence-corrected chi connectivity index (χ1v) is 11.0. The number of anilines is 1. The fourth-order valence-electron chi connectivity index (χ4n) is 2.84. The van der Waals surface area contributed by atoms with Gasteiger partial charge in [-0.25, -0.2) is 8.42 Å². The van der Waals surface area contributed by atoms with Crippen LogP contribution in [0.4, 0.5) is 5.69 Å². The normalized spacial score (nSPS) is 12.6. The number of hydrogen-bond acceptors (Lipinski definition) is 4. The van der Waals surface area contributed by atoms with Crippen molar-refractivity contribution in [3.63, 3.8) is 0 Å². The molecule has 0 radical (unpaired) electrons. The van der Waals surface area contributed by atoms with Gasteiger partial charge in [-0.15, -0.1) is 0 Å². The predicted octanol–water partition coefficient (Wildman–Crippen LogP) is 3.60. The molecule has 0 aromatic heterocycles. The Kier molecular flexibility index (Phi) is 7.86. The van der Waals surface area contributed by atoms with Gasteiger partial charge in [0.05, 0.1) is 4.90 Å². The molecule has 152 valence electrons. The number of hydrogen-bond donors (Lipinski definition) is 2. The molecule has 0 heterocycles. The number of carbonyl (C=O) groups excluding carboxylic acids is 1. The minimum Gasteiger partial charge on any atom is -0.350 e. The van der Waals surface area contributed by atoms with Gasteiger partial charge in [0.2, 0.25) is 0 Å². The van der Waals surface area contributed by atoms with Crippen LogP contribution in [-0.2, 0) is 10.0 Å². The lowest BCUT2D eigenvalue weighted by Crippen LogP contribution is -2.42. The summed E-state index contributed by atoms with van der Waals surface area (Å²) >= 11 is 5.81. The fraction of sp³-hybridized carbons (Fsp3) is 0.350. The molecular formula is C20H26ClN3O3S. The fourth-order valence-corrected chi connectivity index (χ4v) is 4.02. The van der Waals surface area contributed by atoms with Crippen molar-refractivity contribution in [1.82, 2.24) is 10.2 Å². The van der Waals surface area contributed by atoms with Crippen molar-refractivity contribution in [3.05, 3.63) is 59.1 Å². The lowest BCUT2D eigenvalue weighted by Gasteiger charge is -2.26. The van der Waals surface area contributed by atoms with Crippen LogP contribution in [0.15, 0.2) is 53.4 Å². The van der Waals surface area contributed by atoms with Crippen LogP contribution in [0.25, 0.3) is 0 Å². The van der Waals surface area contributed by atoms with Crippen LogP contribution in [-0.4, -0.2) is 44.9 Å². The third kappa shape index (κ3) is 5.95. The lowest BCUT2D eigenvalue weighted by molar-refractivity contribution is 0.0938. The highest BCUT2D eigenvalue weighted by molar-refractivity contribution is 7.92. The zero-order valence-electron chi connectivity index (χ0n) is 16.3. The average Bonchev–Trinajstić information content (AvgIpc) is 2.69. The zero-order valence-corrected chi connectivity index (χ0v) is 17.8. The van der Waals surface area contributed by atoms with Crippen LogP contribution in [0.5, 0.6) is 0 Å².